The predicted molar refractivity (Wildman–Crippen MR) is 315 cm³/mol. The molecule has 2 saturated heterocycles. The fourth-order valence-electron chi connectivity index (χ4n) is 9.97. The number of likely N-dealkylation sites (tertiary alicyclic amines) is 1. The van der Waals surface area contributed by atoms with E-state index in [0.29, 0.717) is 54.7 Å². The summed E-state index contributed by atoms with van der Waals surface area (Å²) >= 11 is 2.05. The third kappa shape index (κ3) is 19.3. The molecule has 2 aromatic rings. The molecule has 24 nitrogen and oxygen atoms in total. The Morgan fingerprint density at radius 2 is 1.49 bits per heavy atom. The highest BCUT2D eigenvalue weighted by molar-refractivity contribution is 14.1. The van der Waals surface area contributed by atoms with Crippen LogP contribution in [0.5, 0.6) is 5.75 Å². The van der Waals surface area contributed by atoms with Gasteiger partial charge in [0.2, 0.25) is 59.1 Å². The van der Waals surface area contributed by atoms with Crippen LogP contribution in [0.3, 0.4) is 0 Å². The molecule has 0 radical (unpaired) electrons. The van der Waals surface area contributed by atoms with E-state index in [9.17, 15) is 48.3 Å². The number of aliphatic hydroxyl groups is 1. The zero-order valence-corrected chi connectivity index (χ0v) is 50.0. The molecule has 0 unspecified atom stereocenters. The molecule has 3 fully saturated rings. The van der Waals surface area contributed by atoms with Crippen LogP contribution in [-0.2, 0) is 60.8 Å². The Kier molecular flexibility index (Phi) is 25.6. The summed E-state index contributed by atoms with van der Waals surface area (Å²) in [5.41, 5.74) is 25.0. The van der Waals surface area contributed by atoms with Crippen LogP contribution < -0.4 is 64.9 Å². The van der Waals surface area contributed by atoms with Crippen molar-refractivity contribution in [2.24, 2.45) is 23.1 Å². The predicted octanol–water partition coefficient (Wildman–Crippen LogP) is 0.0663. The van der Waals surface area contributed by atoms with Gasteiger partial charge in [0, 0.05) is 45.6 Å². The van der Waals surface area contributed by atoms with Gasteiger partial charge >= 0.3 is 0 Å². The van der Waals surface area contributed by atoms with Gasteiger partial charge in [-0.25, -0.2) is 0 Å². The van der Waals surface area contributed by atoms with Gasteiger partial charge in [-0.15, -0.1) is 0 Å². The van der Waals surface area contributed by atoms with Gasteiger partial charge in [0.05, 0.1) is 19.6 Å². The fourth-order valence-corrected chi connectivity index (χ4v) is 13.9. The average molecular weight is 1280 g/mol. The van der Waals surface area contributed by atoms with E-state index in [2.05, 4.69) is 37.2 Å². The largest absolute Gasteiger partial charge is 0.497 e. The number of hydrogen-bond acceptors (Lipinski definition) is 16. The Morgan fingerprint density at radius 3 is 2.11 bits per heavy atom. The molecule has 5 rings (SSSR count). The Morgan fingerprint density at radius 1 is 0.840 bits per heavy atom. The van der Waals surface area contributed by atoms with Crippen LogP contribution >= 0.6 is 44.2 Å². The van der Waals surface area contributed by atoms with Crippen LogP contribution in [0.15, 0.2) is 42.5 Å². The summed E-state index contributed by atoms with van der Waals surface area (Å²) in [6.45, 7) is 4.91. The molecule has 16 N–H and O–H groups in total. The van der Waals surface area contributed by atoms with E-state index in [1.807, 2.05) is 22.6 Å². The number of nitrogens with two attached hydrogens (primary N) is 4. The number of halogens is 1. The number of nitrogens with zero attached hydrogens (tertiary/aromatic N) is 1. The first-order valence-electron chi connectivity index (χ1n) is 27.3. The third-order valence-electron chi connectivity index (χ3n) is 14.8. The number of nitrogen functional groups attached to an aromatic ring is 1. The second-order valence-corrected chi connectivity index (χ2v) is 25.0. The van der Waals surface area contributed by atoms with Gasteiger partial charge in [-0.3, -0.25) is 47.9 Å². The van der Waals surface area contributed by atoms with E-state index in [4.69, 9.17) is 27.7 Å². The van der Waals surface area contributed by atoms with Crippen molar-refractivity contribution in [2.45, 2.75) is 170 Å². The van der Waals surface area contributed by atoms with E-state index in [1.165, 1.54) is 40.5 Å². The summed E-state index contributed by atoms with van der Waals surface area (Å²) in [6.07, 6.45) is 2.46. The number of ether oxygens (including phenoxy) is 1. The number of rotatable bonds is 19. The number of anilines is 1. The molecule has 0 bridgehead atoms. The highest BCUT2D eigenvalue weighted by Gasteiger charge is 2.43. The maximum absolute atomic E-state index is 15.0. The summed E-state index contributed by atoms with van der Waals surface area (Å²) < 4.78 is 5.33. The molecule has 27 heteroatoms. The van der Waals surface area contributed by atoms with Crippen LogP contribution in [0.1, 0.15) is 109 Å². The highest BCUT2D eigenvalue weighted by Crippen LogP contribution is 2.48. The van der Waals surface area contributed by atoms with E-state index in [-0.39, 0.29) is 50.9 Å². The maximum atomic E-state index is 15.0. The van der Waals surface area contributed by atoms with E-state index in [0.717, 1.165) is 22.8 Å². The van der Waals surface area contributed by atoms with Crippen molar-refractivity contribution in [3.8, 4) is 5.75 Å². The van der Waals surface area contributed by atoms with Crippen molar-refractivity contribution < 1.29 is 57.8 Å². The van der Waals surface area contributed by atoms with E-state index in [1.54, 1.807) is 56.3 Å². The van der Waals surface area contributed by atoms with Crippen molar-refractivity contribution >= 4 is 109 Å². The zero-order chi connectivity index (χ0) is 59.6. The number of methoxy groups -OCH3 is 1. The SMILES string of the molecule is CC[C@H](C)[C@@H]1NC(=O)[C@H](Cc2ccc(OC)cc2)NC(=O)CC2(CCCCC2)SSC[C@@H](C(=O)N2CCC[C@H]2C(=O)N[C@@H](CCCN)C(=O)N[C@@H](Cc2ccc(N)c([125I])c2)C(N)=O)NC(=O)[C@H](CC(N)=O)NC(=O)[C@H]([C@@H](C)O)NC1=O. The number of aliphatic hydroxyl groups excluding tert-OH is 1. The fraction of sp³-hybridized carbons (Fsp3) is 0.593. The number of hydrogen-bond donors (Lipinski definition) is 12. The van der Waals surface area contributed by atoms with Gasteiger partial charge < -0.3 is 74.9 Å². The minimum Gasteiger partial charge on any atom is -0.497 e. The summed E-state index contributed by atoms with van der Waals surface area (Å²) in [6, 6.07) is 1.09. The summed E-state index contributed by atoms with van der Waals surface area (Å²) in [5, 5.41) is 29.7. The molecular formula is C54H79IN12O12S2. The first-order valence-corrected chi connectivity index (χ1v) is 30.7. The number of nitrogens with one attached hydrogen (secondary N) is 7. The van der Waals surface area contributed by atoms with Crippen LogP contribution in [0.2, 0.25) is 0 Å². The van der Waals surface area contributed by atoms with E-state index < -0.39 is 131 Å². The van der Waals surface area contributed by atoms with Gasteiger partial charge in [-0.2, -0.15) is 0 Å². The zero-order valence-electron chi connectivity index (χ0n) is 46.2. The number of amides is 10. The summed E-state index contributed by atoms with van der Waals surface area (Å²) in [5.74, 6) is -8.26. The number of benzene rings is 2. The summed E-state index contributed by atoms with van der Waals surface area (Å²) in [7, 11) is 4.07. The highest BCUT2D eigenvalue weighted by atomic mass is 125. The standard InChI is InChI=1S/C54H79IN12O12S2/c1-5-29(2)44-51(76)66-45(30(3)68)52(77)63-39(26-42(58)69)48(73)64-40(28-80-81-54(19-7-6-8-20-54)27-43(70)60-38(49(74)65-44)24-31-13-16-33(79-4)17-14-31)53(78)67-22-10-12-41(67)50(75)61-36(11-9-21-56)47(72)62-37(46(59)71)25-32-15-18-35(57)34(55)23-32/h13-18,23,29-30,36-41,44-45,68H,5-12,19-22,24-28,56-57H2,1-4H3,(H2,58,69)(H2,59,71)(H,60,70)(H,61,75)(H,62,72)(H,63,77)(H,64,73)(H,65,74)(H,66,76)/t29-,30+,36-,37-,38-,39-,40-,41-,44-,45-/m0/s1/i55-2. The normalized spacial score (nSPS) is 23.9. The van der Waals surface area contributed by atoms with Crippen molar-refractivity contribution in [1.82, 2.24) is 42.1 Å². The molecular weight excluding hydrogens is 1200 g/mol. The van der Waals surface area contributed by atoms with Crippen molar-refractivity contribution in [3.05, 3.63) is 57.2 Å². The molecule has 446 valence electrons. The molecule has 3 aliphatic rings. The topological polar surface area (TPSA) is 392 Å². The third-order valence-corrected chi connectivity index (χ3v) is 19.1. The number of primary amides is 2. The molecule has 2 aromatic carbocycles. The lowest BCUT2D eigenvalue weighted by molar-refractivity contribution is -0.142. The molecule has 10 amide bonds. The van der Waals surface area contributed by atoms with Crippen molar-refractivity contribution in [2.75, 3.05) is 31.7 Å². The number of carbonyl (C=O) groups is 10. The maximum Gasteiger partial charge on any atom is 0.246 e. The second kappa shape index (κ2) is 31.5. The lowest BCUT2D eigenvalue weighted by Crippen LogP contribution is -2.63. The quantitative estimate of drug-likeness (QED) is 0.0503. The monoisotopic (exact) mass is 1280 g/mol. The molecule has 1 aliphatic carbocycles. The molecule has 10 atom stereocenters. The van der Waals surface area contributed by atoms with Gasteiger partial charge in [0.1, 0.15) is 54.1 Å². The van der Waals surface area contributed by atoms with Gasteiger partial charge in [0.15, 0.2) is 0 Å². The van der Waals surface area contributed by atoms with E-state index >= 15 is 4.79 Å². The second-order valence-electron chi connectivity index (χ2n) is 21.1. The number of carbonyl (C=O) groups excluding carboxylic acids is 10. The molecule has 1 saturated carbocycles. The van der Waals surface area contributed by atoms with Crippen LogP contribution in [0, 0.1) is 9.49 Å². The Labute approximate surface area is 493 Å². The smallest absolute Gasteiger partial charge is 0.246 e. The summed E-state index contributed by atoms with van der Waals surface area (Å²) in [4.78, 5) is 141. The Hall–Kier alpha value is -5.91. The molecule has 1 spiro atoms. The Balaban J connectivity index is 1.48. The first kappa shape index (κ1) is 65.9. The molecule has 2 heterocycles. The van der Waals surface area contributed by atoms with Crippen molar-refractivity contribution in [1.29, 1.82) is 0 Å². The molecule has 0 aromatic heterocycles. The minimum absolute atomic E-state index is 0.0203. The van der Waals surface area contributed by atoms with Gasteiger partial charge in [-0.05, 0) is 116 Å². The van der Waals surface area contributed by atoms with Crippen LogP contribution in [0.25, 0.3) is 0 Å². The lowest BCUT2D eigenvalue weighted by Gasteiger charge is -2.37. The van der Waals surface area contributed by atoms with Gasteiger partial charge in [0.25, 0.3) is 0 Å². The van der Waals surface area contributed by atoms with Crippen LogP contribution in [-0.4, -0.2) is 154 Å². The lowest BCUT2D eigenvalue weighted by atomic mass is 9.85. The molecule has 81 heavy (non-hydrogen) atoms. The first-order chi connectivity index (χ1) is 38.5. The van der Waals surface area contributed by atoms with Crippen LogP contribution in [0.4, 0.5) is 5.69 Å². The molecule has 2 aliphatic heterocycles. The van der Waals surface area contributed by atoms with Gasteiger partial charge in [-0.1, -0.05) is 79.3 Å². The Bertz CT molecular complexity index is 2580. The average Bonchev–Trinajstić information content (AvgIpc) is 3.94. The minimum atomic E-state index is -1.75. The van der Waals surface area contributed by atoms with Crippen molar-refractivity contribution in [3.63, 3.8) is 0 Å².